The van der Waals surface area contributed by atoms with Crippen LogP contribution in [0.25, 0.3) is 0 Å². The van der Waals surface area contributed by atoms with Gasteiger partial charge in [0.1, 0.15) is 5.82 Å². The van der Waals surface area contributed by atoms with Crippen LogP contribution in [0.4, 0.5) is 10.1 Å². The van der Waals surface area contributed by atoms with E-state index in [0.29, 0.717) is 0 Å². The molecule has 0 amide bonds. The minimum absolute atomic E-state index is 0.209. The van der Waals surface area contributed by atoms with Crippen LogP contribution in [0.15, 0.2) is 22.7 Å². The summed E-state index contributed by atoms with van der Waals surface area (Å²) in [5, 5.41) is 3.18. The molecule has 14 heavy (non-hydrogen) atoms. The van der Waals surface area contributed by atoms with E-state index in [0.717, 1.165) is 28.2 Å². The van der Waals surface area contributed by atoms with Gasteiger partial charge in [0.05, 0.1) is 5.69 Å². The summed E-state index contributed by atoms with van der Waals surface area (Å²) in [4.78, 5) is 0. The van der Waals surface area contributed by atoms with Crippen molar-refractivity contribution in [3.63, 3.8) is 0 Å². The predicted molar refractivity (Wildman–Crippen MR) is 65.6 cm³/mol. The zero-order valence-corrected chi connectivity index (χ0v) is 10.4. The molecule has 1 N–H and O–H groups in total. The molecule has 0 radical (unpaired) electrons. The number of hydrogen-bond acceptors (Lipinski definition) is 2. The number of halogens is 2. The summed E-state index contributed by atoms with van der Waals surface area (Å²) in [7, 11) is 0. The zero-order chi connectivity index (χ0) is 10.4. The number of hydrogen-bond donors (Lipinski definition) is 1. The third-order valence-electron chi connectivity index (χ3n) is 1.69. The molecule has 1 aromatic carbocycles. The van der Waals surface area contributed by atoms with Crippen molar-refractivity contribution in [2.45, 2.75) is 6.92 Å². The van der Waals surface area contributed by atoms with Crippen molar-refractivity contribution >= 4 is 33.4 Å². The maximum absolute atomic E-state index is 12.9. The summed E-state index contributed by atoms with van der Waals surface area (Å²) in [5.74, 6) is 1.95. The maximum atomic E-state index is 12.9. The molecular formula is C10H13BrFNS. The first kappa shape index (κ1) is 11.9. The van der Waals surface area contributed by atoms with Crippen LogP contribution >= 0.6 is 27.7 Å². The number of thioether (sulfide) groups is 1. The Kier molecular flexibility index (Phi) is 5.33. The monoisotopic (exact) mass is 277 g/mol. The van der Waals surface area contributed by atoms with E-state index < -0.39 is 0 Å². The lowest BCUT2D eigenvalue weighted by molar-refractivity contribution is 0.628. The van der Waals surface area contributed by atoms with E-state index in [4.69, 9.17) is 0 Å². The Hall–Kier alpha value is -0.220. The van der Waals surface area contributed by atoms with Crippen molar-refractivity contribution in [3.8, 4) is 0 Å². The Balaban J connectivity index is 2.45. The van der Waals surface area contributed by atoms with Crippen LogP contribution in [0.5, 0.6) is 0 Å². The van der Waals surface area contributed by atoms with Crippen LogP contribution in [0, 0.1) is 5.82 Å². The predicted octanol–water partition coefficient (Wildman–Crippen LogP) is 3.75. The lowest BCUT2D eigenvalue weighted by Crippen LogP contribution is -2.04. The second kappa shape index (κ2) is 6.30. The molecule has 0 aliphatic carbocycles. The number of nitrogens with one attached hydrogen (secondary N) is 1. The fraction of sp³-hybridized carbons (Fsp3) is 0.400. The van der Waals surface area contributed by atoms with E-state index >= 15 is 0 Å². The van der Waals surface area contributed by atoms with Gasteiger partial charge in [-0.3, -0.25) is 0 Å². The Labute approximate surface area is 96.6 Å². The van der Waals surface area contributed by atoms with Gasteiger partial charge in [0.15, 0.2) is 0 Å². The molecule has 0 spiro atoms. The third-order valence-corrected chi connectivity index (χ3v) is 3.29. The third kappa shape index (κ3) is 3.88. The molecule has 0 aliphatic rings. The lowest BCUT2D eigenvalue weighted by Gasteiger charge is -2.07. The summed E-state index contributed by atoms with van der Waals surface area (Å²) in [6.45, 7) is 2.99. The van der Waals surface area contributed by atoms with Crippen LogP contribution in [0.1, 0.15) is 6.92 Å². The molecule has 0 heterocycles. The average Bonchev–Trinajstić information content (AvgIpc) is 2.18. The topological polar surface area (TPSA) is 12.0 Å². The van der Waals surface area contributed by atoms with Gasteiger partial charge >= 0.3 is 0 Å². The van der Waals surface area contributed by atoms with Crippen molar-refractivity contribution in [1.82, 2.24) is 0 Å². The summed E-state index contributed by atoms with van der Waals surface area (Å²) >= 11 is 5.23. The van der Waals surface area contributed by atoms with Crippen molar-refractivity contribution in [3.05, 3.63) is 28.5 Å². The highest BCUT2D eigenvalue weighted by Gasteiger charge is 2.00. The first-order chi connectivity index (χ1) is 6.74. The Morgan fingerprint density at radius 3 is 3.00 bits per heavy atom. The SMILES string of the molecule is CCSCCNc1cc(F)ccc1Br. The molecule has 0 aliphatic heterocycles. The van der Waals surface area contributed by atoms with Gasteiger partial charge in [-0.15, -0.1) is 0 Å². The molecule has 0 fully saturated rings. The maximum Gasteiger partial charge on any atom is 0.125 e. The van der Waals surface area contributed by atoms with Crippen molar-refractivity contribution in [2.24, 2.45) is 0 Å². The molecule has 1 rings (SSSR count). The van der Waals surface area contributed by atoms with Crippen molar-refractivity contribution in [1.29, 1.82) is 0 Å². The van der Waals surface area contributed by atoms with E-state index in [1.807, 2.05) is 11.8 Å². The molecule has 1 nitrogen and oxygen atoms in total. The van der Waals surface area contributed by atoms with E-state index in [2.05, 4.69) is 28.2 Å². The van der Waals surface area contributed by atoms with Crippen LogP contribution in [0.2, 0.25) is 0 Å². The Morgan fingerprint density at radius 1 is 1.50 bits per heavy atom. The molecule has 0 unspecified atom stereocenters. The average molecular weight is 278 g/mol. The highest BCUT2D eigenvalue weighted by Crippen LogP contribution is 2.22. The molecule has 0 saturated carbocycles. The minimum Gasteiger partial charge on any atom is -0.383 e. The van der Waals surface area contributed by atoms with Crippen LogP contribution < -0.4 is 5.32 Å². The van der Waals surface area contributed by atoms with E-state index in [-0.39, 0.29) is 5.82 Å². The smallest absolute Gasteiger partial charge is 0.125 e. The quantitative estimate of drug-likeness (QED) is 0.823. The molecule has 78 valence electrons. The van der Waals surface area contributed by atoms with Gasteiger partial charge in [-0.05, 0) is 39.9 Å². The van der Waals surface area contributed by atoms with Gasteiger partial charge in [0.2, 0.25) is 0 Å². The van der Waals surface area contributed by atoms with E-state index in [9.17, 15) is 4.39 Å². The fourth-order valence-electron chi connectivity index (χ4n) is 1.04. The van der Waals surface area contributed by atoms with Crippen LogP contribution in [-0.2, 0) is 0 Å². The first-order valence-corrected chi connectivity index (χ1v) is 6.45. The van der Waals surface area contributed by atoms with Gasteiger partial charge in [-0.1, -0.05) is 6.92 Å². The van der Waals surface area contributed by atoms with Gasteiger partial charge in [-0.2, -0.15) is 11.8 Å². The van der Waals surface area contributed by atoms with Gasteiger partial charge in [0, 0.05) is 16.8 Å². The van der Waals surface area contributed by atoms with E-state index in [1.54, 1.807) is 6.07 Å². The van der Waals surface area contributed by atoms with Crippen molar-refractivity contribution in [2.75, 3.05) is 23.4 Å². The summed E-state index contributed by atoms with van der Waals surface area (Å²) in [5.41, 5.74) is 0.821. The molecular weight excluding hydrogens is 265 g/mol. The fourth-order valence-corrected chi connectivity index (χ4v) is 1.96. The van der Waals surface area contributed by atoms with Crippen LogP contribution in [0.3, 0.4) is 0 Å². The Bertz CT molecular complexity index is 293. The van der Waals surface area contributed by atoms with Gasteiger partial charge < -0.3 is 5.32 Å². The molecule has 1 aromatic rings. The van der Waals surface area contributed by atoms with Gasteiger partial charge in [-0.25, -0.2) is 4.39 Å². The Morgan fingerprint density at radius 2 is 2.29 bits per heavy atom. The van der Waals surface area contributed by atoms with Crippen LogP contribution in [-0.4, -0.2) is 18.1 Å². The summed E-state index contributed by atoms with van der Waals surface area (Å²) in [6, 6.07) is 4.65. The standard InChI is InChI=1S/C10H13BrFNS/c1-2-14-6-5-13-10-7-8(12)3-4-9(10)11/h3-4,7,13H,2,5-6H2,1H3. The highest BCUT2D eigenvalue weighted by molar-refractivity contribution is 9.10. The van der Waals surface area contributed by atoms with E-state index in [1.165, 1.54) is 12.1 Å². The second-order valence-electron chi connectivity index (χ2n) is 2.75. The molecule has 0 atom stereocenters. The largest absolute Gasteiger partial charge is 0.383 e. The first-order valence-electron chi connectivity index (χ1n) is 4.50. The summed E-state index contributed by atoms with van der Waals surface area (Å²) in [6.07, 6.45) is 0. The molecule has 0 bridgehead atoms. The second-order valence-corrected chi connectivity index (χ2v) is 5.00. The molecule has 0 aromatic heterocycles. The number of rotatable bonds is 5. The molecule has 0 saturated heterocycles. The molecule has 4 heteroatoms. The minimum atomic E-state index is -0.209. The van der Waals surface area contributed by atoms with Crippen molar-refractivity contribution < 1.29 is 4.39 Å². The highest BCUT2D eigenvalue weighted by atomic mass is 79.9. The lowest BCUT2D eigenvalue weighted by atomic mass is 10.3. The number of benzene rings is 1. The summed E-state index contributed by atoms with van der Waals surface area (Å²) < 4.78 is 13.8. The normalized spacial score (nSPS) is 10.2. The zero-order valence-electron chi connectivity index (χ0n) is 8.02. The number of anilines is 1. The van der Waals surface area contributed by atoms with Gasteiger partial charge in [0.25, 0.3) is 0 Å².